The van der Waals surface area contributed by atoms with Crippen LogP contribution in [-0.4, -0.2) is 34.7 Å². The van der Waals surface area contributed by atoms with Crippen LogP contribution in [0.3, 0.4) is 0 Å². The van der Waals surface area contributed by atoms with Crippen molar-refractivity contribution in [3.05, 3.63) is 23.8 Å². The number of carboxylic acid groups (broad SMARTS) is 1. The van der Waals surface area contributed by atoms with E-state index in [9.17, 15) is 9.59 Å². The minimum Gasteiger partial charge on any atom is -0.481 e. The summed E-state index contributed by atoms with van der Waals surface area (Å²) in [6.45, 7) is 1.56. The fourth-order valence-electron chi connectivity index (χ4n) is 1.99. The van der Waals surface area contributed by atoms with Crippen LogP contribution in [0.2, 0.25) is 0 Å². The van der Waals surface area contributed by atoms with Gasteiger partial charge < -0.3 is 19.8 Å². The number of aliphatic carboxylic acids is 1. The Kier molecular flexibility index (Phi) is 3.71. The van der Waals surface area contributed by atoms with Crippen LogP contribution < -0.4 is 9.64 Å². The Bertz CT molecular complexity index is 514. The predicted molar refractivity (Wildman–Crippen MR) is 67.1 cm³/mol. The summed E-state index contributed by atoms with van der Waals surface area (Å²) < 4.78 is 5.46. The summed E-state index contributed by atoms with van der Waals surface area (Å²) in [5.74, 6) is -0.717. The summed E-state index contributed by atoms with van der Waals surface area (Å²) in [5.41, 5.74) is 1.15. The third kappa shape index (κ3) is 2.68. The van der Waals surface area contributed by atoms with Crippen molar-refractivity contribution < 1.29 is 24.5 Å². The number of rotatable bonds is 4. The largest absolute Gasteiger partial charge is 0.481 e. The Hall–Kier alpha value is -2.08. The number of aliphatic hydroxyl groups excluding tert-OH is 1. The second-order valence-electron chi connectivity index (χ2n) is 4.35. The third-order valence-electron chi connectivity index (χ3n) is 2.96. The number of nitrogens with zero attached hydrogens (tertiary/aromatic N) is 1. The normalized spacial score (nSPS) is 17.9. The van der Waals surface area contributed by atoms with E-state index in [1.165, 1.54) is 4.90 Å². The fraction of sp³-hybridized carbons (Fsp3) is 0.385. The summed E-state index contributed by atoms with van der Waals surface area (Å²) in [6.07, 6.45) is -0.775. The van der Waals surface area contributed by atoms with Gasteiger partial charge >= 0.3 is 5.97 Å². The third-order valence-corrected chi connectivity index (χ3v) is 2.96. The molecule has 1 aromatic carbocycles. The number of hydrogen-bond acceptors (Lipinski definition) is 4. The van der Waals surface area contributed by atoms with E-state index in [-0.39, 0.29) is 25.5 Å². The molecule has 0 spiro atoms. The maximum Gasteiger partial charge on any atom is 0.305 e. The van der Waals surface area contributed by atoms with Crippen molar-refractivity contribution in [1.82, 2.24) is 0 Å². The van der Waals surface area contributed by atoms with E-state index in [1.54, 1.807) is 25.1 Å². The maximum atomic E-state index is 12.0. The highest BCUT2D eigenvalue weighted by atomic mass is 16.5. The summed E-state index contributed by atoms with van der Waals surface area (Å²) in [6, 6.07) is 5.02. The minimum absolute atomic E-state index is 0.0871. The first-order valence-electron chi connectivity index (χ1n) is 5.96. The van der Waals surface area contributed by atoms with Crippen LogP contribution in [-0.2, 0) is 16.2 Å². The Morgan fingerprint density at radius 3 is 2.84 bits per heavy atom. The highest BCUT2D eigenvalue weighted by Crippen LogP contribution is 2.35. The number of carboxylic acids is 1. The molecule has 0 aliphatic carbocycles. The summed E-state index contributed by atoms with van der Waals surface area (Å²) in [4.78, 5) is 24.1. The number of anilines is 1. The highest BCUT2D eigenvalue weighted by molar-refractivity contribution is 6.00. The average Bonchev–Trinajstić information content (AvgIpc) is 2.38. The van der Waals surface area contributed by atoms with Gasteiger partial charge in [-0.1, -0.05) is 6.07 Å². The molecule has 0 fully saturated rings. The molecule has 1 aromatic rings. The smallest absolute Gasteiger partial charge is 0.305 e. The minimum atomic E-state index is -0.966. The van der Waals surface area contributed by atoms with Gasteiger partial charge in [-0.15, -0.1) is 0 Å². The number of aliphatic hydroxyl groups is 1. The molecular formula is C13H15NO5. The second kappa shape index (κ2) is 5.27. The molecular weight excluding hydrogens is 250 g/mol. The van der Waals surface area contributed by atoms with Crippen LogP contribution in [0.1, 0.15) is 18.9 Å². The van der Waals surface area contributed by atoms with Crippen molar-refractivity contribution in [2.45, 2.75) is 26.1 Å². The Morgan fingerprint density at radius 1 is 1.47 bits per heavy atom. The standard InChI is InChI=1S/C13H15NO5/c1-8-13(18)14(5-4-12(16)17)10-6-9(7-15)2-3-11(10)19-8/h2-3,6,8,15H,4-5,7H2,1H3,(H,16,17). The van der Waals surface area contributed by atoms with Crippen molar-refractivity contribution in [2.24, 2.45) is 0 Å². The van der Waals surface area contributed by atoms with Crippen LogP contribution in [0, 0.1) is 0 Å². The van der Waals surface area contributed by atoms with Crippen molar-refractivity contribution in [3.8, 4) is 5.75 Å². The lowest BCUT2D eigenvalue weighted by molar-refractivity contribution is -0.136. The summed E-state index contributed by atoms with van der Waals surface area (Å²) in [7, 11) is 0. The number of hydrogen-bond donors (Lipinski definition) is 2. The van der Waals surface area contributed by atoms with Gasteiger partial charge in [0.15, 0.2) is 6.10 Å². The van der Waals surface area contributed by atoms with E-state index < -0.39 is 12.1 Å². The highest BCUT2D eigenvalue weighted by Gasteiger charge is 2.31. The molecule has 1 heterocycles. The lowest BCUT2D eigenvalue weighted by atomic mass is 10.1. The first-order valence-corrected chi connectivity index (χ1v) is 5.96. The lowest BCUT2D eigenvalue weighted by Crippen LogP contribution is -2.45. The quantitative estimate of drug-likeness (QED) is 0.839. The first kappa shape index (κ1) is 13.4. The zero-order chi connectivity index (χ0) is 14.0. The molecule has 0 aromatic heterocycles. The number of amides is 1. The number of carbonyl (C=O) groups excluding carboxylic acids is 1. The second-order valence-corrected chi connectivity index (χ2v) is 4.35. The van der Waals surface area contributed by atoms with Crippen molar-refractivity contribution in [3.63, 3.8) is 0 Å². The molecule has 102 valence electrons. The molecule has 2 rings (SSSR count). The SMILES string of the molecule is CC1Oc2ccc(CO)cc2N(CCC(=O)O)C1=O. The van der Waals surface area contributed by atoms with Crippen molar-refractivity contribution in [1.29, 1.82) is 0 Å². The summed E-state index contributed by atoms with van der Waals surface area (Å²) in [5, 5.41) is 17.9. The maximum absolute atomic E-state index is 12.0. The van der Waals surface area contributed by atoms with Crippen LogP contribution in [0.4, 0.5) is 5.69 Å². The van der Waals surface area contributed by atoms with Crippen LogP contribution >= 0.6 is 0 Å². The van der Waals surface area contributed by atoms with Gasteiger partial charge in [0.05, 0.1) is 18.7 Å². The van der Waals surface area contributed by atoms with Crippen molar-refractivity contribution in [2.75, 3.05) is 11.4 Å². The van der Waals surface area contributed by atoms with Gasteiger partial charge in [-0.05, 0) is 24.6 Å². The Labute approximate surface area is 110 Å². The van der Waals surface area contributed by atoms with E-state index in [1.807, 2.05) is 0 Å². The number of ether oxygens (including phenoxy) is 1. The average molecular weight is 265 g/mol. The lowest BCUT2D eigenvalue weighted by Gasteiger charge is -2.33. The monoisotopic (exact) mass is 265 g/mol. The van der Waals surface area contributed by atoms with E-state index in [0.29, 0.717) is 17.0 Å². The fourth-order valence-corrected chi connectivity index (χ4v) is 1.99. The van der Waals surface area contributed by atoms with Crippen LogP contribution in [0.15, 0.2) is 18.2 Å². The number of fused-ring (bicyclic) bond motifs is 1. The number of carbonyl (C=O) groups is 2. The molecule has 0 radical (unpaired) electrons. The molecule has 0 bridgehead atoms. The van der Waals surface area contributed by atoms with E-state index in [2.05, 4.69) is 0 Å². The molecule has 6 heteroatoms. The first-order chi connectivity index (χ1) is 9.02. The van der Waals surface area contributed by atoms with E-state index >= 15 is 0 Å². The molecule has 19 heavy (non-hydrogen) atoms. The number of benzene rings is 1. The van der Waals surface area contributed by atoms with Gasteiger partial charge in [0, 0.05) is 6.54 Å². The van der Waals surface area contributed by atoms with Gasteiger partial charge in [0.2, 0.25) is 0 Å². The van der Waals surface area contributed by atoms with Gasteiger partial charge in [0.1, 0.15) is 5.75 Å². The molecule has 2 N–H and O–H groups in total. The molecule has 0 saturated carbocycles. The van der Waals surface area contributed by atoms with Crippen LogP contribution in [0.25, 0.3) is 0 Å². The molecule has 1 atom stereocenters. The topological polar surface area (TPSA) is 87.1 Å². The van der Waals surface area contributed by atoms with Gasteiger partial charge in [-0.3, -0.25) is 9.59 Å². The molecule has 1 amide bonds. The molecule has 1 unspecified atom stereocenters. The van der Waals surface area contributed by atoms with Crippen molar-refractivity contribution >= 4 is 17.6 Å². The summed E-state index contributed by atoms with van der Waals surface area (Å²) >= 11 is 0. The van der Waals surface area contributed by atoms with Gasteiger partial charge in [0.25, 0.3) is 5.91 Å². The zero-order valence-corrected chi connectivity index (χ0v) is 10.5. The molecule has 6 nitrogen and oxygen atoms in total. The molecule has 0 saturated heterocycles. The van der Waals surface area contributed by atoms with E-state index in [0.717, 1.165) is 0 Å². The zero-order valence-electron chi connectivity index (χ0n) is 10.5. The van der Waals surface area contributed by atoms with Gasteiger partial charge in [-0.25, -0.2) is 0 Å². The Balaban J connectivity index is 2.35. The molecule has 1 aliphatic heterocycles. The Morgan fingerprint density at radius 2 is 2.21 bits per heavy atom. The van der Waals surface area contributed by atoms with Gasteiger partial charge in [-0.2, -0.15) is 0 Å². The van der Waals surface area contributed by atoms with Crippen LogP contribution in [0.5, 0.6) is 5.75 Å². The predicted octanol–water partition coefficient (Wildman–Crippen LogP) is 0.767. The molecule has 1 aliphatic rings. The van der Waals surface area contributed by atoms with E-state index in [4.69, 9.17) is 14.9 Å².